The molecule has 1 fully saturated rings. The second-order valence-electron chi connectivity index (χ2n) is 3.17. The Bertz CT molecular complexity index is 239. The fourth-order valence-electron chi connectivity index (χ4n) is 1.28. The molecule has 4 N–H and O–H groups in total. The van der Waals surface area contributed by atoms with Crippen molar-refractivity contribution in [2.75, 3.05) is 12.3 Å². The molecule has 1 rings (SSSR count). The third-order valence-electron chi connectivity index (χ3n) is 2.12. The number of carbonyl (C=O) groups is 1. The first-order valence-corrected chi connectivity index (χ1v) is 5.63. The third-order valence-corrected chi connectivity index (χ3v) is 2.91. The van der Waals surface area contributed by atoms with Gasteiger partial charge in [0.2, 0.25) is 5.91 Å². The Morgan fingerprint density at radius 1 is 1.64 bits per heavy atom. The Labute approximate surface area is 87.9 Å². The molecular weight excluding hydrogens is 200 g/mol. The number of rotatable bonds is 4. The smallest absolute Gasteiger partial charge is 0.233 e. The fraction of sp³-hybridized carbons (Fsp3) is 0.750. The Hall–Kier alpha value is -0.910. The van der Waals surface area contributed by atoms with E-state index in [1.165, 1.54) is 11.8 Å². The summed E-state index contributed by atoms with van der Waals surface area (Å²) in [5.41, 5.74) is 5.37. The molecule has 0 aromatic heterocycles. The molecule has 0 spiro atoms. The van der Waals surface area contributed by atoms with Crippen molar-refractivity contribution in [1.29, 1.82) is 0 Å². The number of nitrogens with zero attached hydrogens (tertiary/aromatic N) is 2. The van der Waals surface area contributed by atoms with Crippen LogP contribution >= 0.6 is 11.8 Å². The van der Waals surface area contributed by atoms with Crippen molar-refractivity contribution in [1.82, 2.24) is 4.90 Å². The summed E-state index contributed by atoms with van der Waals surface area (Å²) in [6.45, 7) is 2.75. The molecule has 1 saturated carbocycles. The average Bonchev–Trinajstić information content (AvgIpc) is 2.99. The highest BCUT2D eigenvalue weighted by Crippen LogP contribution is 2.26. The predicted octanol–water partition coefficient (Wildman–Crippen LogP) is -0.0811. The van der Waals surface area contributed by atoms with Crippen LogP contribution in [0.2, 0.25) is 0 Å². The van der Waals surface area contributed by atoms with E-state index < -0.39 is 0 Å². The van der Waals surface area contributed by atoms with E-state index in [-0.39, 0.29) is 11.1 Å². The zero-order valence-electron chi connectivity index (χ0n) is 8.27. The summed E-state index contributed by atoms with van der Waals surface area (Å²) in [5.74, 6) is 5.40. The van der Waals surface area contributed by atoms with Gasteiger partial charge >= 0.3 is 0 Å². The molecule has 0 unspecified atom stereocenters. The molecule has 14 heavy (non-hydrogen) atoms. The Balaban J connectivity index is 2.32. The lowest BCUT2D eigenvalue weighted by Gasteiger charge is -2.19. The Kier molecular flexibility index (Phi) is 4.06. The van der Waals surface area contributed by atoms with E-state index in [2.05, 4.69) is 5.10 Å². The average molecular weight is 216 g/mol. The molecule has 80 valence electrons. The largest absolute Gasteiger partial charge is 0.377 e. The molecule has 6 heteroatoms. The van der Waals surface area contributed by atoms with E-state index in [4.69, 9.17) is 11.6 Å². The van der Waals surface area contributed by atoms with E-state index in [1.807, 2.05) is 11.8 Å². The normalized spacial score (nSPS) is 16.8. The second-order valence-corrected chi connectivity index (χ2v) is 4.16. The van der Waals surface area contributed by atoms with Gasteiger partial charge in [0.25, 0.3) is 0 Å². The van der Waals surface area contributed by atoms with Gasteiger partial charge in [-0.05, 0) is 19.8 Å². The van der Waals surface area contributed by atoms with Crippen molar-refractivity contribution in [2.45, 2.75) is 25.8 Å². The van der Waals surface area contributed by atoms with Crippen molar-refractivity contribution >= 4 is 22.8 Å². The minimum absolute atomic E-state index is 0.117. The van der Waals surface area contributed by atoms with Gasteiger partial charge in [-0.1, -0.05) is 11.8 Å². The van der Waals surface area contributed by atoms with E-state index in [0.717, 1.165) is 19.4 Å². The number of hydrazone groups is 1. The molecule has 5 nitrogen and oxygen atoms in total. The van der Waals surface area contributed by atoms with Gasteiger partial charge in [0.1, 0.15) is 0 Å². The van der Waals surface area contributed by atoms with Crippen LogP contribution in [-0.2, 0) is 4.79 Å². The molecule has 0 aliphatic heterocycles. The van der Waals surface area contributed by atoms with E-state index in [9.17, 15) is 4.79 Å². The summed E-state index contributed by atoms with van der Waals surface area (Å²) in [7, 11) is 0. The van der Waals surface area contributed by atoms with Gasteiger partial charge in [0.05, 0.1) is 5.75 Å². The summed E-state index contributed by atoms with van der Waals surface area (Å²) in [6, 6.07) is 0.462. The maximum absolute atomic E-state index is 11.6. The van der Waals surface area contributed by atoms with Crippen LogP contribution < -0.4 is 11.6 Å². The zero-order valence-corrected chi connectivity index (χ0v) is 9.09. The number of amidine groups is 1. The van der Waals surface area contributed by atoms with Crippen LogP contribution in [0.15, 0.2) is 5.10 Å². The Morgan fingerprint density at radius 2 is 2.29 bits per heavy atom. The maximum Gasteiger partial charge on any atom is 0.233 e. The second kappa shape index (κ2) is 5.09. The molecule has 0 saturated heterocycles. The topological polar surface area (TPSA) is 84.7 Å². The molecular formula is C8H16N4OS. The molecule has 1 aliphatic carbocycles. The first-order valence-electron chi connectivity index (χ1n) is 4.64. The SMILES string of the molecule is CCN(C(=O)CSC(N)=NN)C1CC1. The first-order chi connectivity index (χ1) is 6.69. The maximum atomic E-state index is 11.6. The summed E-state index contributed by atoms with van der Waals surface area (Å²) in [5, 5.41) is 3.55. The monoisotopic (exact) mass is 216 g/mol. The molecule has 0 bridgehead atoms. The molecule has 1 amide bonds. The molecule has 0 heterocycles. The lowest BCUT2D eigenvalue weighted by atomic mass is 10.4. The van der Waals surface area contributed by atoms with Crippen LogP contribution in [0, 0.1) is 0 Å². The van der Waals surface area contributed by atoms with E-state index >= 15 is 0 Å². The van der Waals surface area contributed by atoms with Gasteiger partial charge < -0.3 is 16.5 Å². The highest BCUT2D eigenvalue weighted by molar-refractivity contribution is 8.14. The molecule has 0 aromatic carbocycles. The number of thioether (sulfide) groups is 1. The van der Waals surface area contributed by atoms with E-state index in [1.54, 1.807) is 0 Å². The number of nitrogens with two attached hydrogens (primary N) is 2. The van der Waals surface area contributed by atoms with Crippen LogP contribution in [0.1, 0.15) is 19.8 Å². The quantitative estimate of drug-likeness (QED) is 0.298. The molecule has 0 radical (unpaired) electrons. The number of carbonyl (C=O) groups excluding carboxylic acids is 1. The standard InChI is InChI=1S/C8H16N4OS/c1-2-12(6-3-4-6)7(13)5-14-8(9)11-10/h6H,2-5,10H2,1H3,(H2,9,11). The number of amides is 1. The van der Waals surface area contributed by atoms with Crippen LogP contribution in [-0.4, -0.2) is 34.3 Å². The minimum Gasteiger partial charge on any atom is -0.377 e. The summed E-state index contributed by atoms with van der Waals surface area (Å²) in [6.07, 6.45) is 2.26. The van der Waals surface area contributed by atoms with Gasteiger partial charge in [0.15, 0.2) is 5.17 Å². The summed E-state index contributed by atoms with van der Waals surface area (Å²) >= 11 is 1.18. The van der Waals surface area contributed by atoms with Crippen LogP contribution in [0.5, 0.6) is 0 Å². The van der Waals surface area contributed by atoms with Gasteiger partial charge in [-0.2, -0.15) is 5.10 Å². The number of hydrogen-bond donors (Lipinski definition) is 2. The molecule has 0 aromatic rings. The van der Waals surface area contributed by atoms with Crippen LogP contribution in [0.3, 0.4) is 0 Å². The number of hydrogen-bond acceptors (Lipinski definition) is 4. The van der Waals surface area contributed by atoms with Gasteiger partial charge in [-0.15, -0.1) is 0 Å². The van der Waals surface area contributed by atoms with Crippen molar-refractivity contribution in [2.24, 2.45) is 16.7 Å². The zero-order chi connectivity index (χ0) is 10.6. The van der Waals surface area contributed by atoms with Crippen LogP contribution in [0.25, 0.3) is 0 Å². The van der Waals surface area contributed by atoms with Gasteiger partial charge in [0, 0.05) is 12.6 Å². The van der Waals surface area contributed by atoms with Crippen molar-refractivity contribution in [3.8, 4) is 0 Å². The lowest BCUT2D eigenvalue weighted by Crippen LogP contribution is -2.34. The van der Waals surface area contributed by atoms with E-state index in [0.29, 0.717) is 11.8 Å². The fourth-order valence-corrected chi connectivity index (χ4v) is 1.79. The summed E-state index contributed by atoms with van der Waals surface area (Å²) < 4.78 is 0. The predicted molar refractivity (Wildman–Crippen MR) is 58.7 cm³/mol. The summed E-state index contributed by atoms with van der Waals surface area (Å²) in [4.78, 5) is 13.5. The van der Waals surface area contributed by atoms with Crippen molar-refractivity contribution in [3.63, 3.8) is 0 Å². The van der Waals surface area contributed by atoms with Crippen LogP contribution in [0.4, 0.5) is 0 Å². The van der Waals surface area contributed by atoms with Gasteiger partial charge in [-0.3, -0.25) is 4.79 Å². The first kappa shape index (κ1) is 11.2. The molecule has 0 atom stereocenters. The Morgan fingerprint density at radius 3 is 2.71 bits per heavy atom. The minimum atomic E-state index is 0.117. The van der Waals surface area contributed by atoms with Crippen molar-refractivity contribution in [3.05, 3.63) is 0 Å². The highest BCUT2D eigenvalue weighted by atomic mass is 32.2. The van der Waals surface area contributed by atoms with Gasteiger partial charge in [-0.25, -0.2) is 0 Å². The highest BCUT2D eigenvalue weighted by Gasteiger charge is 2.31. The third kappa shape index (κ3) is 3.10. The molecule has 1 aliphatic rings. The lowest BCUT2D eigenvalue weighted by molar-refractivity contribution is -0.128. The van der Waals surface area contributed by atoms with Crippen molar-refractivity contribution < 1.29 is 4.79 Å².